The minimum Gasteiger partial charge on any atom is -0.429 e. The van der Waals surface area contributed by atoms with Crippen LogP contribution in [0.1, 0.15) is 94.6 Å². The van der Waals surface area contributed by atoms with Gasteiger partial charge in [0.2, 0.25) is 0 Å². The summed E-state index contributed by atoms with van der Waals surface area (Å²) >= 11 is 0. The van der Waals surface area contributed by atoms with Crippen LogP contribution in [0.25, 0.3) is 0 Å². The number of hydrogen-bond acceptors (Lipinski definition) is 2. The molecule has 2 aliphatic carbocycles. The zero-order chi connectivity index (χ0) is 26.5. The van der Waals surface area contributed by atoms with Gasteiger partial charge in [0.15, 0.2) is 0 Å². The zero-order valence-corrected chi connectivity index (χ0v) is 21.4. The molecule has 0 radical (unpaired) electrons. The SMILES string of the molecule is CC[C@H]1CC[C@H](CC[C@H]2CC[C@H](c3ccc(C(F)(F)Oc4ccc(OC(F)(F)F)cc4)cc3)CC2)CC1. The van der Waals surface area contributed by atoms with Gasteiger partial charge in [-0.05, 0) is 91.3 Å². The first-order chi connectivity index (χ1) is 17.6. The smallest absolute Gasteiger partial charge is 0.429 e. The lowest BCUT2D eigenvalue weighted by atomic mass is 9.74. The minimum absolute atomic E-state index is 0.250. The number of ether oxygens (including phenoxy) is 2. The van der Waals surface area contributed by atoms with Crippen LogP contribution in [0.2, 0.25) is 0 Å². The summed E-state index contributed by atoms with van der Waals surface area (Å²) in [6, 6.07) is 10.2. The van der Waals surface area contributed by atoms with Crippen molar-refractivity contribution in [1.29, 1.82) is 0 Å². The summed E-state index contributed by atoms with van der Waals surface area (Å²) in [5, 5.41) is 0. The van der Waals surface area contributed by atoms with Crippen LogP contribution in [0, 0.1) is 17.8 Å². The molecule has 2 nitrogen and oxygen atoms in total. The van der Waals surface area contributed by atoms with Crippen LogP contribution in [-0.4, -0.2) is 6.36 Å². The van der Waals surface area contributed by atoms with E-state index >= 15 is 0 Å². The lowest BCUT2D eigenvalue weighted by molar-refractivity contribution is -0.274. The van der Waals surface area contributed by atoms with Gasteiger partial charge in [0.05, 0.1) is 5.56 Å². The fourth-order valence-corrected chi connectivity index (χ4v) is 6.05. The fourth-order valence-electron chi connectivity index (χ4n) is 6.05. The molecular formula is C30H37F5O2. The summed E-state index contributed by atoms with van der Waals surface area (Å²) in [5.41, 5.74) is 0.780. The third kappa shape index (κ3) is 8.08. The molecule has 0 amide bonds. The standard InChI is InChI=1S/C30H37F5O2/c1-2-21-3-5-22(6-4-21)7-8-23-9-11-24(12-10-23)25-13-15-26(16-14-25)29(31,32)36-27-17-19-28(20-18-27)37-30(33,34)35/h13-24H,2-12H2,1H3/t21-,22-,23-,24-. The maximum atomic E-state index is 14.7. The Bertz CT molecular complexity index is 955. The Kier molecular flexibility index (Phi) is 9.02. The molecule has 4 rings (SSSR count). The van der Waals surface area contributed by atoms with Gasteiger partial charge in [0, 0.05) is 0 Å². The Balaban J connectivity index is 1.24. The third-order valence-corrected chi connectivity index (χ3v) is 8.40. The molecule has 2 aromatic rings. The van der Waals surface area contributed by atoms with Gasteiger partial charge in [-0.3, -0.25) is 0 Å². The second-order valence-corrected chi connectivity index (χ2v) is 10.9. The van der Waals surface area contributed by atoms with E-state index in [1.165, 1.54) is 69.9 Å². The Morgan fingerprint density at radius 1 is 0.622 bits per heavy atom. The van der Waals surface area contributed by atoms with Crippen molar-refractivity contribution in [2.24, 2.45) is 17.8 Å². The summed E-state index contributed by atoms with van der Waals surface area (Å²) in [6.07, 6.45) is 5.70. The van der Waals surface area contributed by atoms with Gasteiger partial charge in [-0.1, -0.05) is 64.0 Å². The van der Waals surface area contributed by atoms with Crippen molar-refractivity contribution in [1.82, 2.24) is 0 Å². The molecule has 2 aromatic carbocycles. The number of hydrogen-bond donors (Lipinski definition) is 0. The molecule has 0 spiro atoms. The molecule has 0 heterocycles. The van der Waals surface area contributed by atoms with E-state index in [1.54, 1.807) is 12.1 Å². The predicted molar refractivity (Wildman–Crippen MR) is 134 cm³/mol. The van der Waals surface area contributed by atoms with Crippen LogP contribution in [0.15, 0.2) is 48.5 Å². The van der Waals surface area contributed by atoms with Gasteiger partial charge in [-0.15, -0.1) is 13.2 Å². The quantitative estimate of drug-likeness (QED) is 0.304. The lowest BCUT2D eigenvalue weighted by Crippen LogP contribution is -2.22. The highest BCUT2D eigenvalue weighted by molar-refractivity contribution is 5.33. The highest BCUT2D eigenvalue weighted by Crippen LogP contribution is 2.41. The Hall–Kier alpha value is -2.31. The zero-order valence-electron chi connectivity index (χ0n) is 21.4. The Morgan fingerprint density at radius 2 is 1.08 bits per heavy atom. The molecular weight excluding hydrogens is 487 g/mol. The predicted octanol–water partition coefficient (Wildman–Crippen LogP) is 9.98. The summed E-state index contributed by atoms with van der Waals surface area (Å²) in [6.45, 7) is 2.30. The maximum absolute atomic E-state index is 14.7. The maximum Gasteiger partial charge on any atom is 0.573 e. The number of rotatable bonds is 9. The first-order valence-corrected chi connectivity index (χ1v) is 13.6. The molecule has 2 fully saturated rings. The second kappa shape index (κ2) is 12.0. The molecule has 0 N–H and O–H groups in total. The van der Waals surface area contributed by atoms with Gasteiger partial charge < -0.3 is 9.47 Å². The Morgan fingerprint density at radius 3 is 1.57 bits per heavy atom. The van der Waals surface area contributed by atoms with Crippen molar-refractivity contribution in [3.05, 3.63) is 59.7 Å². The van der Waals surface area contributed by atoms with Gasteiger partial charge in [0.25, 0.3) is 0 Å². The second-order valence-electron chi connectivity index (χ2n) is 10.9. The molecule has 204 valence electrons. The number of benzene rings is 2. The largest absolute Gasteiger partial charge is 0.573 e. The van der Waals surface area contributed by atoms with Crippen molar-refractivity contribution in [3.8, 4) is 11.5 Å². The van der Waals surface area contributed by atoms with Crippen LogP contribution < -0.4 is 9.47 Å². The first-order valence-electron chi connectivity index (χ1n) is 13.6. The topological polar surface area (TPSA) is 18.5 Å². The molecule has 0 aliphatic heterocycles. The van der Waals surface area contributed by atoms with Crippen molar-refractivity contribution in [3.63, 3.8) is 0 Å². The van der Waals surface area contributed by atoms with E-state index in [4.69, 9.17) is 4.74 Å². The van der Waals surface area contributed by atoms with Crippen LogP contribution in [0.3, 0.4) is 0 Å². The summed E-state index contributed by atoms with van der Waals surface area (Å²) in [7, 11) is 0. The van der Waals surface area contributed by atoms with Crippen molar-refractivity contribution in [2.75, 3.05) is 0 Å². The van der Waals surface area contributed by atoms with Crippen LogP contribution in [0.5, 0.6) is 11.5 Å². The number of alkyl halides is 5. The summed E-state index contributed by atoms with van der Waals surface area (Å²) in [4.78, 5) is 0. The van der Waals surface area contributed by atoms with Gasteiger partial charge in [0.1, 0.15) is 11.5 Å². The van der Waals surface area contributed by atoms with E-state index in [0.29, 0.717) is 5.92 Å². The van der Waals surface area contributed by atoms with Crippen molar-refractivity contribution < 1.29 is 31.4 Å². The summed E-state index contributed by atoms with van der Waals surface area (Å²) < 4.78 is 74.7. The summed E-state index contributed by atoms with van der Waals surface area (Å²) in [5.74, 6) is 2.27. The molecule has 2 saturated carbocycles. The fraction of sp³-hybridized carbons (Fsp3) is 0.600. The van der Waals surface area contributed by atoms with Crippen molar-refractivity contribution in [2.45, 2.75) is 95.9 Å². The minimum atomic E-state index is -4.85. The highest BCUT2D eigenvalue weighted by Gasteiger charge is 2.35. The van der Waals surface area contributed by atoms with E-state index in [1.807, 2.05) is 0 Å². The monoisotopic (exact) mass is 524 g/mol. The van der Waals surface area contributed by atoms with Crippen LogP contribution >= 0.6 is 0 Å². The molecule has 0 aromatic heterocycles. The average Bonchev–Trinajstić information content (AvgIpc) is 2.88. The lowest BCUT2D eigenvalue weighted by Gasteiger charge is -2.32. The molecule has 0 bridgehead atoms. The first kappa shape index (κ1) is 27.7. The molecule has 0 atom stereocenters. The molecule has 37 heavy (non-hydrogen) atoms. The molecule has 0 saturated heterocycles. The van der Waals surface area contributed by atoms with E-state index in [9.17, 15) is 22.0 Å². The Labute approximate surface area is 216 Å². The van der Waals surface area contributed by atoms with Crippen LogP contribution in [-0.2, 0) is 6.11 Å². The van der Waals surface area contributed by atoms with E-state index in [-0.39, 0.29) is 11.3 Å². The number of halogens is 5. The van der Waals surface area contributed by atoms with E-state index in [2.05, 4.69) is 11.7 Å². The molecule has 0 unspecified atom stereocenters. The normalized spacial score (nSPS) is 25.0. The van der Waals surface area contributed by atoms with E-state index < -0.39 is 18.2 Å². The highest BCUT2D eigenvalue weighted by atomic mass is 19.4. The van der Waals surface area contributed by atoms with Gasteiger partial charge >= 0.3 is 12.5 Å². The average molecular weight is 525 g/mol. The van der Waals surface area contributed by atoms with Crippen molar-refractivity contribution >= 4 is 0 Å². The molecule has 2 aliphatic rings. The molecule has 7 heteroatoms. The van der Waals surface area contributed by atoms with Gasteiger partial charge in [-0.25, -0.2) is 0 Å². The van der Waals surface area contributed by atoms with E-state index in [0.717, 1.165) is 60.4 Å². The van der Waals surface area contributed by atoms with Gasteiger partial charge in [-0.2, -0.15) is 8.78 Å². The third-order valence-electron chi connectivity index (χ3n) is 8.40. The van der Waals surface area contributed by atoms with Crippen LogP contribution in [0.4, 0.5) is 22.0 Å².